The van der Waals surface area contributed by atoms with Crippen LogP contribution in [0.15, 0.2) is 24.3 Å². The van der Waals surface area contributed by atoms with Gasteiger partial charge in [0, 0.05) is 17.9 Å². The van der Waals surface area contributed by atoms with E-state index in [1.165, 1.54) is 0 Å². The fourth-order valence-electron chi connectivity index (χ4n) is 1.42. The van der Waals surface area contributed by atoms with Crippen molar-refractivity contribution in [2.24, 2.45) is 0 Å². The molecule has 0 spiro atoms. The van der Waals surface area contributed by atoms with Gasteiger partial charge in [0.15, 0.2) is 0 Å². The fraction of sp³-hybridized carbons (Fsp3) is 0.500. The van der Waals surface area contributed by atoms with Gasteiger partial charge in [0.05, 0.1) is 12.0 Å². The molecule has 0 fully saturated rings. The Morgan fingerprint density at radius 1 is 1.40 bits per heavy atom. The smallest absolute Gasteiger partial charge is 0.412 e. The molecule has 0 aromatic heterocycles. The van der Waals surface area contributed by atoms with E-state index in [4.69, 9.17) is 16.3 Å². The Balaban J connectivity index is 2.57. The topological polar surface area (TPSA) is 70.6 Å². The van der Waals surface area contributed by atoms with Crippen LogP contribution < -0.4 is 10.6 Å². The molecular weight excluding hydrogens is 280 g/mol. The normalized spacial score (nSPS) is 12.7. The lowest BCUT2D eigenvalue weighted by molar-refractivity contribution is 0.0636. The summed E-state index contributed by atoms with van der Waals surface area (Å²) in [6.45, 7) is 5.76. The highest BCUT2D eigenvalue weighted by Crippen LogP contribution is 2.16. The number of benzene rings is 1. The van der Waals surface area contributed by atoms with Crippen LogP contribution in [0.3, 0.4) is 0 Å². The first kappa shape index (κ1) is 16.6. The van der Waals surface area contributed by atoms with Crippen molar-refractivity contribution in [1.82, 2.24) is 0 Å². The third-order valence-electron chi connectivity index (χ3n) is 2.23. The van der Waals surface area contributed by atoms with Crippen molar-refractivity contribution >= 4 is 29.1 Å². The number of halogens is 1. The van der Waals surface area contributed by atoms with Crippen molar-refractivity contribution < 1.29 is 14.6 Å². The van der Waals surface area contributed by atoms with Crippen molar-refractivity contribution in [1.29, 1.82) is 0 Å². The van der Waals surface area contributed by atoms with Crippen molar-refractivity contribution in [3.63, 3.8) is 0 Å². The molecule has 20 heavy (non-hydrogen) atoms. The zero-order chi connectivity index (χ0) is 15.2. The molecular formula is C14H21ClN2O3. The van der Waals surface area contributed by atoms with E-state index in [1.54, 1.807) is 39.0 Å². The molecule has 6 heteroatoms. The maximum Gasteiger partial charge on any atom is 0.412 e. The monoisotopic (exact) mass is 300 g/mol. The summed E-state index contributed by atoms with van der Waals surface area (Å²) in [5.41, 5.74) is 0.858. The molecule has 5 nitrogen and oxygen atoms in total. The average molecular weight is 301 g/mol. The van der Waals surface area contributed by atoms with E-state index in [-0.39, 0.29) is 5.88 Å². The van der Waals surface area contributed by atoms with E-state index in [0.29, 0.717) is 12.2 Å². The Kier molecular flexibility index (Phi) is 6.10. The highest BCUT2D eigenvalue weighted by Gasteiger charge is 2.16. The largest absolute Gasteiger partial charge is 0.444 e. The molecule has 0 bridgehead atoms. The zero-order valence-corrected chi connectivity index (χ0v) is 12.7. The van der Waals surface area contributed by atoms with Crippen LogP contribution in [0.25, 0.3) is 0 Å². The van der Waals surface area contributed by atoms with Gasteiger partial charge in [-0.2, -0.15) is 0 Å². The molecule has 1 amide bonds. The maximum atomic E-state index is 11.6. The molecule has 1 aromatic rings. The van der Waals surface area contributed by atoms with Crippen molar-refractivity contribution in [3.05, 3.63) is 24.3 Å². The van der Waals surface area contributed by atoms with Gasteiger partial charge in [0.2, 0.25) is 0 Å². The summed E-state index contributed by atoms with van der Waals surface area (Å²) in [6, 6.07) is 7.14. The molecule has 0 aliphatic heterocycles. The summed E-state index contributed by atoms with van der Waals surface area (Å²) in [6.07, 6.45) is -1.12. The summed E-state index contributed by atoms with van der Waals surface area (Å²) in [5, 5.41) is 15.1. The van der Waals surface area contributed by atoms with Gasteiger partial charge in [0.1, 0.15) is 5.60 Å². The highest BCUT2D eigenvalue weighted by molar-refractivity contribution is 6.18. The number of hydrogen-bond donors (Lipinski definition) is 3. The second-order valence-corrected chi connectivity index (χ2v) is 5.71. The van der Waals surface area contributed by atoms with Gasteiger partial charge in [-0.3, -0.25) is 5.32 Å². The summed E-state index contributed by atoms with van der Waals surface area (Å²) in [5.74, 6) is 0.169. The predicted molar refractivity (Wildman–Crippen MR) is 81.5 cm³/mol. The molecule has 0 radical (unpaired) electrons. The molecule has 0 saturated heterocycles. The number of hydrogen-bond acceptors (Lipinski definition) is 4. The number of anilines is 2. The maximum absolute atomic E-state index is 11.6. The van der Waals surface area contributed by atoms with Crippen LogP contribution in [0, 0.1) is 0 Å². The molecule has 1 unspecified atom stereocenters. The number of rotatable bonds is 5. The summed E-state index contributed by atoms with van der Waals surface area (Å²) in [4.78, 5) is 11.6. The number of nitrogens with one attached hydrogen (secondary N) is 2. The lowest BCUT2D eigenvalue weighted by atomic mass is 10.2. The minimum atomic E-state index is -0.612. The zero-order valence-electron chi connectivity index (χ0n) is 11.9. The van der Waals surface area contributed by atoms with Crippen LogP contribution >= 0.6 is 11.6 Å². The second-order valence-electron chi connectivity index (χ2n) is 5.40. The molecule has 0 saturated carbocycles. The van der Waals surface area contributed by atoms with Crippen LogP contribution in [-0.4, -0.2) is 35.3 Å². The minimum absolute atomic E-state index is 0.169. The molecule has 112 valence electrons. The molecule has 3 N–H and O–H groups in total. The molecule has 0 heterocycles. The summed E-state index contributed by atoms with van der Waals surface area (Å²) >= 11 is 5.52. The summed E-state index contributed by atoms with van der Waals surface area (Å²) in [7, 11) is 0. The molecule has 1 rings (SSSR count). The third kappa shape index (κ3) is 6.63. The van der Waals surface area contributed by atoms with Gasteiger partial charge in [-0.25, -0.2) is 4.79 Å². The standard InChI is InChI=1S/C14H21ClN2O3/c1-14(2,3)20-13(19)17-11-6-4-5-10(7-11)16-9-12(18)8-15/h4-7,12,16,18H,8-9H2,1-3H3,(H,17,19). The number of ether oxygens (including phenoxy) is 1. The van der Waals surface area contributed by atoms with Gasteiger partial charge in [-0.05, 0) is 39.0 Å². The Bertz CT molecular complexity index is 446. The van der Waals surface area contributed by atoms with Gasteiger partial charge in [0.25, 0.3) is 0 Å². The van der Waals surface area contributed by atoms with Gasteiger partial charge < -0.3 is 15.2 Å². The fourth-order valence-corrected chi connectivity index (χ4v) is 1.53. The van der Waals surface area contributed by atoms with E-state index in [1.807, 2.05) is 6.07 Å². The predicted octanol–water partition coefficient (Wildman–Crippen LogP) is 3.05. The van der Waals surface area contributed by atoms with Crippen LogP contribution in [0.1, 0.15) is 20.8 Å². The molecule has 1 aromatic carbocycles. The van der Waals surface area contributed by atoms with Crippen molar-refractivity contribution in [3.8, 4) is 0 Å². The number of carbonyl (C=O) groups is 1. The van der Waals surface area contributed by atoms with Crippen molar-refractivity contribution in [2.45, 2.75) is 32.5 Å². The lowest BCUT2D eigenvalue weighted by Crippen LogP contribution is -2.27. The van der Waals surface area contributed by atoms with E-state index in [9.17, 15) is 9.90 Å². The first-order valence-corrected chi connectivity index (χ1v) is 6.91. The first-order valence-electron chi connectivity index (χ1n) is 6.38. The lowest BCUT2D eigenvalue weighted by Gasteiger charge is -2.20. The van der Waals surface area contributed by atoms with E-state index in [0.717, 1.165) is 5.69 Å². The van der Waals surface area contributed by atoms with Crippen LogP contribution in [0.5, 0.6) is 0 Å². The Hall–Kier alpha value is -1.46. The Labute approximate surface area is 124 Å². The summed E-state index contributed by atoms with van der Waals surface area (Å²) < 4.78 is 5.17. The molecule has 0 aliphatic rings. The Morgan fingerprint density at radius 3 is 2.65 bits per heavy atom. The van der Waals surface area contributed by atoms with E-state index in [2.05, 4.69) is 10.6 Å². The number of alkyl halides is 1. The van der Waals surface area contributed by atoms with E-state index >= 15 is 0 Å². The first-order chi connectivity index (χ1) is 9.30. The average Bonchev–Trinajstić information content (AvgIpc) is 2.34. The Morgan fingerprint density at radius 2 is 2.05 bits per heavy atom. The van der Waals surface area contributed by atoms with Crippen molar-refractivity contribution in [2.75, 3.05) is 23.1 Å². The quantitative estimate of drug-likeness (QED) is 0.731. The minimum Gasteiger partial charge on any atom is -0.444 e. The van der Waals surface area contributed by atoms with Crippen LogP contribution in [-0.2, 0) is 4.74 Å². The third-order valence-corrected chi connectivity index (χ3v) is 2.58. The van der Waals surface area contributed by atoms with Gasteiger partial charge >= 0.3 is 6.09 Å². The van der Waals surface area contributed by atoms with Crippen LogP contribution in [0.2, 0.25) is 0 Å². The van der Waals surface area contributed by atoms with Gasteiger partial charge in [-0.15, -0.1) is 11.6 Å². The highest BCUT2D eigenvalue weighted by atomic mass is 35.5. The number of aliphatic hydroxyl groups is 1. The number of amides is 1. The van der Waals surface area contributed by atoms with E-state index < -0.39 is 17.8 Å². The molecule has 1 atom stereocenters. The van der Waals surface area contributed by atoms with Crippen LogP contribution in [0.4, 0.5) is 16.2 Å². The molecule has 0 aliphatic carbocycles. The number of carbonyl (C=O) groups excluding carboxylic acids is 1. The van der Waals surface area contributed by atoms with Gasteiger partial charge in [-0.1, -0.05) is 6.07 Å². The second kappa shape index (κ2) is 7.36. The SMILES string of the molecule is CC(C)(C)OC(=O)Nc1cccc(NCC(O)CCl)c1. The number of aliphatic hydroxyl groups excluding tert-OH is 1.